The number of aliphatic hydroxyl groups excluding tert-OH is 1. The molecule has 0 saturated carbocycles. The van der Waals surface area contributed by atoms with Crippen molar-refractivity contribution >= 4 is 23.3 Å². The zero-order valence-electron chi connectivity index (χ0n) is 19.8. The van der Waals surface area contributed by atoms with Gasteiger partial charge in [0, 0.05) is 5.69 Å². The molecule has 1 saturated heterocycles. The van der Waals surface area contributed by atoms with Crippen LogP contribution in [0, 0.1) is 13.8 Å². The third kappa shape index (κ3) is 6.26. The standard InChI is InChI=1S/C26H30N4O5/c1-16-25(17(2)35-30-16)29-26(33)28-22-13-12-21(34-23(22)15-31)14-24(32)27-20-10-8-19(9-11-20)18-6-4-3-5-7-18/h3-11,21-23,31H,12-15H2,1-2H3,(H,27,32)(H2,28,29,33)/t21-,22+,23-/m0/s1. The highest BCUT2D eigenvalue weighted by molar-refractivity contribution is 5.91. The molecule has 1 aromatic heterocycles. The molecule has 1 aliphatic rings. The molecule has 0 aliphatic carbocycles. The quantitative estimate of drug-likeness (QED) is 0.406. The SMILES string of the molecule is Cc1noc(C)c1NC(=O)N[C@@H]1CC[C@@H](CC(=O)Nc2ccc(-c3ccccc3)cc2)O[C@H]1CO. The van der Waals surface area contributed by atoms with E-state index in [1.165, 1.54) is 0 Å². The Labute approximate surface area is 203 Å². The lowest BCUT2D eigenvalue weighted by molar-refractivity contribution is -0.126. The van der Waals surface area contributed by atoms with E-state index in [0.717, 1.165) is 11.1 Å². The summed E-state index contributed by atoms with van der Waals surface area (Å²) >= 11 is 0. The second-order valence-electron chi connectivity index (χ2n) is 8.66. The Balaban J connectivity index is 1.26. The van der Waals surface area contributed by atoms with Crippen molar-refractivity contribution in [3.8, 4) is 11.1 Å². The van der Waals surface area contributed by atoms with Gasteiger partial charge in [-0.15, -0.1) is 0 Å². The molecule has 4 rings (SSSR count). The largest absolute Gasteiger partial charge is 0.394 e. The Bertz CT molecular complexity index is 1130. The number of amides is 3. The number of rotatable bonds is 7. The highest BCUT2D eigenvalue weighted by Crippen LogP contribution is 2.25. The predicted octanol–water partition coefficient (Wildman–Crippen LogP) is 4.02. The van der Waals surface area contributed by atoms with E-state index in [1.807, 2.05) is 54.6 Å². The molecule has 35 heavy (non-hydrogen) atoms. The van der Waals surface area contributed by atoms with Crippen molar-refractivity contribution < 1.29 is 24.0 Å². The molecule has 184 valence electrons. The average molecular weight is 479 g/mol. The number of hydrogen-bond donors (Lipinski definition) is 4. The monoisotopic (exact) mass is 478 g/mol. The van der Waals surface area contributed by atoms with Gasteiger partial charge >= 0.3 is 6.03 Å². The van der Waals surface area contributed by atoms with Crippen LogP contribution in [0.5, 0.6) is 0 Å². The summed E-state index contributed by atoms with van der Waals surface area (Å²) in [6.07, 6.45) is 0.355. The van der Waals surface area contributed by atoms with E-state index in [0.29, 0.717) is 35.7 Å². The summed E-state index contributed by atoms with van der Waals surface area (Å²) in [5, 5.41) is 22.1. The predicted molar refractivity (Wildman–Crippen MR) is 132 cm³/mol. The van der Waals surface area contributed by atoms with E-state index in [4.69, 9.17) is 9.26 Å². The molecule has 9 heteroatoms. The first-order chi connectivity index (χ1) is 16.9. The summed E-state index contributed by atoms with van der Waals surface area (Å²) in [5.74, 6) is 0.346. The van der Waals surface area contributed by atoms with Gasteiger partial charge in [0.25, 0.3) is 0 Å². The van der Waals surface area contributed by atoms with Crippen molar-refractivity contribution in [1.29, 1.82) is 0 Å². The summed E-state index contributed by atoms with van der Waals surface area (Å²) in [6, 6.07) is 16.9. The first-order valence-corrected chi connectivity index (χ1v) is 11.6. The Hall–Kier alpha value is -3.69. The maximum absolute atomic E-state index is 12.6. The molecule has 3 amide bonds. The van der Waals surface area contributed by atoms with Crippen molar-refractivity contribution in [3.05, 3.63) is 66.1 Å². The number of nitrogens with zero attached hydrogens (tertiary/aromatic N) is 1. The zero-order chi connectivity index (χ0) is 24.8. The van der Waals surface area contributed by atoms with Gasteiger partial charge in [-0.3, -0.25) is 4.79 Å². The second-order valence-corrected chi connectivity index (χ2v) is 8.66. The van der Waals surface area contributed by atoms with Crippen LogP contribution in [0.15, 0.2) is 59.1 Å². The number of hydrogen-bond acceptors (Lipinski definition) is 6. The minimum atomic E-state index is -0.609. The number of ether oxygens (including phenoxy) is 1. The van der Waals surface area contributed by atoms with Gasteiger partial charge in [0.15, 0.2) is 5.76 Å². The molecule has 0 unspecified atom stereocenters. The molecule has 0 bridgehead atoms. The van der Waals surface area contributed by atoms with Gasteiger partial charge in [0.2, 0.25) is 5.91 Å². The molecule has 3 aromatic rings. The maximum atomic E-state index is 12.6. The van der Waals surface area contributed by atoms with Crippen LogP contribution >= 0.6 is 0 Å². The first kappa shape index (κ1) is 24.4. The first-order valence-electron chi connectivity index (χ1n) is 11.6. The fourth-order valence-corrected chi connectivity index (χ4v) is 4.22. The topological polar surface area (TPSA) is 126 Å². The van der Waals surface area contributed by atoms with Crippen LogP contribution in [0.1, 0.15) is 30.7 Å². The van der Waals surface area contributed by atoms with E-state index in [1.54, 1.807) is 13.8 Å². The number of aromatic nitrogens is 1. The van der Waals surface area contributed by atoms with Crippen molar-refractivity contribution in [3.63, 3.8) is 0 Å². The second kappa shape index (κ2) is 11.2. The van der Waals surface area contributed by atoms with Crippen LogP contribution in [0.4, 0.5) is 16.2 Å². The molecule has 1 fully saturated rings. The molecule has 0 spiro atoms. The van der Waals surface area contributed by atoms with Crippen LogP contribution in [0.25, 0.3) is 11.1 Å². The van der Waals surface area contributed by atoms with E-state index < -0.39 is 12.1 Å². The normalized spacial score (nSPS) is 19.7. The summed E-state index contributed by atoms with van der Waals surface area (Å²) in [7, 11) is 0. The van der Waals surface area contributed by atoms with Gasteiger partial charge in [-0.1, -0.05) is 47.6 Å². The zero-order valence-corrected chi connectivity index (χ0v) is 19.8. The van der Waals surface area contributed by atoms with Gasteiger partial charge in [-0.2, -0.15) is 0 Å². The van der Waals surface area contributed by atoms with Crippen molar-refractivity contribution in [2.75, 3.05) is 17.2 Å². The lowest BCUT2D eigenvalue weighted by Crippen LogP contribution is -2.52. The molecule has 1 aliphatic heterocycles. The van der Waals surface area contributed by atoms with Crippen molar-refractivity contribution in [1.82, 2.24) is 10.5 Å². The van der Waals surface area contributed by atoms with Crippen LogP contribution in [-0.2, 0) is 9.53 Å². The lowest BCUT2D eigenvalue weighted by Gasteiger charge is -2.35. The molecule has 2 aromatic carbocycles. The molecule has 0 radical (unpaired) electrons. The number of urea groups is 1. The number of aliphatic hydroxyl groups is 1. The fourth-order valence-electron chi connectivity index (χ4n) is 4.22. The lowest BCUT2D eigenvalue weighted by atomic mass is 9.97. The van der Waals surface area contributed by atoms with Gasteiger partial charge in [-0.25, -0.2) is 4.79 Å². The number of nitrogens with one attached hydrogen (secondary N) is 3. The number of carbonyl (C=O) groups is 2. The minimum Gasteiger partial charge on any atom is -0.394 e. The average Bonchev–Trinajstić information content (AvgIpc) is 3.18. The van der Waals surface area contributed by atoms with E-state index in [-0.39, 0.29) is 31.1 Å². The van der Waals surface area contributed by atoms with Crippen LogP contribution in [0.3, 0.4) is 0 Å². The number of anilines is 2. The minimum absolute atomic E-state index is 0.162. The van der Waals surface area contributed by atoms with Crippen molar-refractivity contribution in [2.24, 2.45) is 0 Å². The molecule has 9 nitrogen and oxygen atoms in total. The number of aryl methyl sites for hydroxylation is 2. The third-order valence-electron chi connectivity index (χ3n) is 6.07. The van der Waals surface area contributed by atoms with Gasteiger partial charge in [0.05, 0.1) is 25.2 Å². The Kier molecular flexibility index (Phi) is 7.79. The van der Waals surface area contributed by atoms with Crippen molar-refractivity contribution in [2.45, 2.75) is 51.4 Å². The fraction of sp³-hybridized carbons (Fsp3) is 0.346. The highest BCUT2D eigenvalue weighted by atomic mass is 16.5. The third-order valence-corrected chi connectivity index (χ3v) is 6.07. The Morgan fingerprint density at radius 2 is 1.71 bits per heavy atom. The van der Waals surface area contributed by atoms with Crippen LogP contribution < -0.4 is 16.0 Å². The Morgan fingerprint density at radius 3 is 2.37 bits per heavy atom. The smallest absolute Gasteiger partial charge is 0.319 e. The number of carbonyl (C=O) groups excluding carboxylic acids is 2. The van der Waals surface area contributed by atoms with Crippen LogP contribution in [-0.4, -0.2) is 47.1 Å². The van der Waals surface area contributed by atoms with Crippen LogP contribution in [0.2, 0.25) is 0 Å². The van der Waals surface area contributed by atoms with Gasteiger partial charge in [-0.05, 0) is 49.9 Å². The molecule has 3 atom stereocenters. The summed E-state index contributed by atoms with van der Waals surface area (Å²) in [4.78, 5) is 25.0. The van der Waals surface area contributed by atoms with Gasteiger partial charge in [0.1, 0.15) is 17.5 Å². The summed E-state index contributed by atoms with van der Waals surface area (Å²) in [6.45, 7) is 3.18. The molecular weight excluding hydrogens is 448 g/mol. The molecular formula is C26H30N4O5. The molecule has 4 N–H and O–H groups in total. The summed E-state index contributed by atoms with van der Waals surface area (Å²) < 4.78 is 11.0. The van der Waals surface area contributed by atoms with E-state index in [2.05, 4.69) is 21.1 Å². The van der Waals surface area contributed by atoms with Gasteiger partial charge < -0.3 is 30.3 Å². The molecule has 2 heterocycles. The highest BCUT2D eigenvalue weighted by Gasteiger charge is 2.33. The Morgan fingerprint density at radius 1 is 1.00 bits per heavy atom. The maximum Gasteiger partial charge on any atom is 0.319 e. The number of benzene rings is 2. The summed E-state index contributed by atoms with van der Waals surface area (Å²) in [5.41, 5.74) is 3.99. The van der Waals surface area contributed by atoms with E-state index >= 15 is 0 Å². The van der Waals surface area contributed by atoms with E-state index in [9.17, 15) is 14.7 Å².